The molecule has 6 heteroatoms. The van der Waals surface area contributed by atoms with Crippen LogP contribution in [0.5, 0.6) is 5.75 Å². The van der Waals surface area contributed by atoms with Gasteiger partial charge in [-0.25, -0.2) is 0 Å². The van der Waals surface area contributed by atoms with E-state index in [0.29, 0.717) is 4.91 Å². The van der Waals surface area contributed by atoms with Crippen molar-refractivity contribution in [2.75, 3.05) is 12.4 Å². The van der Waals surface area contributed by atoms with Crippen molar-refractivity contribution in [1.82, 2.24) is 0 Å². The molecular weight excluding hydrogens is 430 g/mol. The summed E-state index contributed by atoms with van der Waals surface area (Å²) >= 11 is 8.41. The van der Waals surface area contributed by atoms with Gasteiger partial charge in [0.15, 0.2) is 0 Å². The largest absolute Gasteiger partial charge is 0.494 e. The van der Waals surface area contributed by atoms with Crippen LogP contribution >= 0.6 is 43.6 Å². The van der Waals surface area contributed by atoms with Gasteiger partial charge in [0.05, 0.1) is 26.6 Å². The molecule has 3 rings (SSSR count). The second-order valence-electron chi connectivity index (χ2n) is 4.58. The smallest absolute Gasteiger partial charge is 0.262 e. The van der Waals surface area contributed by atoms with Gasteiger partial charge in [0.25, 0.3) is 5.91 Å². The molecule has 1 aliphatic rings. The van der Waals surface area contributed by atoms with Crippen molar-refractivity contribution in [3.63, 3.8) is 0 Å². The number of carbonyl (C=O) groups is 1. The molecule has 1 heterocycles. The van der Waals surface area contributed by atoms with Crippen LogP contribution in [0, 0.1) is 0 Å². The highest BCUT2D eigenvalue weighted by Gasteiger charge is 2.20. The number of ether oxygens (including phenoxy) is 1. The number of halogens is 2. The van der Waals surface area contributed by atoms with E-state index < -0.39 is 0 Å². The normalized spacial score (nSPS) is 15.4. The minimum atomic E-state index is -0.0910. The number of nitrogens with one attached hydrogen (secondary N) is 1. The zero-order chi connectivity index (χ0) is 15.7. The second kappa shape index (κ2) is 6.48. The van der Waals surface area contributed by atoms with Crippen LogP contribution < -0.4 is 10.1 Å². The van der Waals surface area contributed by atoms with Crippen molar-refractivity contribution >= 4 is 61.3 Å². The maximum Gasteiger partial charge on any atom is 0.262 e. The molecular formula is C16H11Br2NO2S. The van der Waals surface area contributed by atoms with Crippen molar-refractivity contribution in [3.05, 3.63) is 55.8 Å². The third-order valence-corrected chi connectivity index (χ3v) is 5.38. The topological polar surface area (TPSA) is 38.3 Å². The first kappa shape index (κ1) is 15.6. The summed E-state index contributed by atoms with van der Waals surface area (Å²) in [6.07, 6.45) is 1.87. The summed E-state index contributed by atoms with van der Waals surface area (Å²) < 4.78 is 6.95. The minimum absolute atomic E-state index is 0.0910. The molecule has 0 spiro atoms. The number of amides is 1. The summed E-state index contributed by atoms with van der Waals surface area (Å²) in [5, 5.41) is 2.91. The lowest BCUT2D eigenvalue weighted by Crippen LogP contribution is -2.17. The Balaban J connectivity index is 1.98. The Labute approximate surface area is 149 Å². The van der Waals surface area contributed by atoms with E-state index in [1.165, 1.54) is 11.8 Å². The van der Waals surface area contributed by atoms with E-state index in [1.807, 2.05) is 42.5 Å². The number of thioether (sulfide) groups is 1. The van der Waals surface area contributed by atoms with Crippen LogP contribution in [0.4, 0.5) is 5.69 Å². The van der Waals surface area contributed by atoms with Crippen LogP contribution in [0.25, 0.3) is 6.08 Å². The Hall–Kier alpha value is -1.24. The number of para-hydroxylation sites is 1. The Morgan fingerprint density at radius 3 is 2.55 bits per heavy atom. The molecule has 0 aliphatic carbocycles. The molecule has 0 saturated heterocycles. The first-order valence-corrected chi connectivity index (χ1v) is 8.81. The highest BCUT2D eigenvalue weighted by atomic mass is 79.9. The van der Waals surface area contributed by atoms with Crippen molar-refractivity contribution < 1.29 is 9.53 Å². The van der Waals surface area contributed by atoms with Gasteiger partial charge in [0.2, 0.25) is 0 Å². The quantitative estimate of drug-likeness (QED) is 0.643. The minimum Gasteiger partial charge on any atom is -0.494 e. The number of hydrogen-bond donors (Lipinski definition) is 1. The van der Waals surface area contributed by atoms with Crippen LogP contribution in [-0.4, -0.2) is 13.0 Å². The molecule has 1 amide bonds. The van der Waals surface area contributed by atoms with E-state index in [0.717, 1.165) is 30.8 Å². The van der Waals surface area contributed by atoms with Crippen molar-refractivity contribution in [3.8, 4) is 5.75 Å². The fraction of sp³-hybridized carbons (Fsp3) is 0.0625. The van der Waals surface area contributed by atoms with Gasteiger partial charge in [-0.15, -0.1) is 0 Å². The molecule has 0 atom stereocenters. The van der Waals surface area contributed by atoms with E-state index in [4.69, 9.17) is 4.74 Å². The first-order valence-electron chi connectivity index (χ1n) is 6.41. The highest BCUT2D eigenvalue weighted by molar-refractivity contribution is 9.11. The summed E-state index contributed by atoms with van der Waals surface area (Å²) in [5.74, 6) is 0.639. The predicted molar refractivity (Wildman–Crippen MR) is 97.3 cm³/mol. The number of anilines is 1. The van der Waals surface area contributed by atoms with Crippen LogP contribution in [0.1, 0.15) is 5.56 Å². The summed E-state index contributed by atoms with van der Waals surface area (Å²) in [7, 11) is 1.62. The standard InChI is InChI=1S/C16H11Br2NO2S/c1-21-15-10(17)6-9(7-11(15)18)8-14-16(20)19-12-4-2-3-5-13(12)22-14/h2-8H,1H3,(H,19,20)/b14-8-. The summed E-state index contributed by atoms with van der Waals surface area (Å²) in [5.41, 5.74) is 1.77. The third-order valence-electron chi connectivity index (χ3n) is 3.10. The predicted octanol–water partition coefficient (Wildman–Crippen LogP) is 5.31. The average molecular weight is 441 g/mol. The van der Waals surface area contributed by atoms with Crippen LogP contribution in [0.2, 0.25) is 0 Å². The third kappa shape index (κ3) is 3.09. The number of carbonyl (C=O) groups excluding carboxylic acids is 1. The van der Waals surface area contributed by atoms with E-state index in [9.17, 15) is 4.79 Å². The maximum absolute atomic E-state index is 12.2. The molecule has 3 nitrogen and oxygen atoms in total. The van der Waals surface area contributed by atoms with Gasteiger partial charge in [-0.05, 0) is 67.8 Å². The molecule has 112 valence electrons. The molecule has 22 heavy (non-hydrogen) atoms. The average Bonchev–Trinajstić information content (AvgIpc) is 2.48. The van der Waals surface area contributed by atoms with Crippen LogP contribution in [0.3, 0.4) is 0 Å². The summed E-state index contributed by atoms with van der Waals surface area (Å²) in [6, 6.07) is 11.6. The SMILES string of the molecule is COc1c(Br)cc(/C=C2\Sc3ccccc3NC2=O)cc1Br. The first-order chi connectivity index (χ1) is 10.6. The number of fused-ring (bicyclic) bond motifs is 1. The Morgan fingerprint density at radius 1 is 1.18 bits per heavy atom. The zero-order valence-electron chi connectivity index (χ0n) is 11.5. The lowest BCUT2D eigenvalue weighted by molar-refractivity contribution is -0.112. The fourth-order valence-corrected chi connectivity index (χ4v) is 4.61. The zero-order valence-corrected chi connectivity index (χ0v) is 15.5. The van der Waals surface area contributed by atoms with Gasteiger partial charge in [0.1, 0.15) is 5.75 Å². The molecule has 0 saturated carbocycles. The Bertz CT molecular complexity index is 766. The van der Waals surface area contributed by atoms with Gasteiger partial charge in [0, 0.05) is 4.90 Å². The monoisotopic (exact) mass is 439 g/mol. The maximum atomic E-state index is 12.2. The van der Waals surface area contributed by atoms with Crippen molar-refractivity contribution in [2.45, 2.75) is 4.90 Å². The molecule has 0 fully saturated rings. The summed E-state index contributed by atoms with van der Waals surface area (Å²) in [4.78, 5) is 13.9. The number of benzene rings is 2. The number of methoxy groups -OCH3 is 1. The van der Waals surface area contributed by atoms with Crippen LogP contribution in [-0.2, 0) is 4.79 Å². The van der Waals surface area contributed by atoms with Gasteiger partial charge in [-0.1, -0.05) is 23.9 Å². The van der Waals surface area contributed by atoms with Crippen LogP contribution in [0.15, 0.2) is 55.1 Å². The van der Waals surface area contributed by atoms with Gasteiger partial charge in [-0.3, -0.25) is 4.79 Å². The van der Waals surface area contributed by atoms with E-state index in [-0.39, 0.29) is 5.91 Å². The Kier molecular flexibility index (Phi) is 4.61. The highest BCUT2D eigenvalue weighted by Crippen LogP contribution is 2.40. The summed E-state index contributed by atoms with van der Waals surface area (Å²) in [6.45, 7) is 0. The fourth-order valence-electron chi connectivity index (χ4n) is 2.11. The molecule has 2 aromatic rings. The van der Waals surface area contributed by atoms with Gasteiger partial charge in [-0.2, -0.15) is 0 Å². The molecule has 0 radical (unpaired) electrons. The second-order valence-corrected chi connectivity index (χ2v) is 7.37. The van der Waals surface area contributed by atoms with Crippen molar-refractivity contribution in [2.24, 2.45) is 0 Å². The molecule has 0 aromatic heterocycles. The van der Waals surface area contributed by atoms with Gasteiger partial charge >= 0.3 is 0 Å². The lowest BCUT2D eigenvalue weighted by atomic mass is 10.2. The van der Waals surface area contributed by atoms with Crippen molar-refractivity contribution in [1.29, 1.82) is 0 Å². The van der Waals surface area contributed by atoms with Gasteiger partial charge < -0.3 is 10.1 Å². The number of hydrogen-bond acceptors (Lipinski definition) is 3. The molecule has 1 aliphatic heterocycles. The van der Waals surface area contributed by atoms with E-state index in [2.05, 4.69) is 37.2 Å². The molecule has 0 unspecified atom stereocenters. The van der Waals surface area contributed by atoms with E-state index >= 15 is 0 Å². The molecule has 0 bridgehead atoms. The molecule has 2 aromatic carbocycles. The molecule has 1 N–H and O–H groups in total. The van der Waals surface area contributed by atoms with E-state index in [1.54, 1.807) is 7.11 Å². The Morgan fingerprint density at radius 2 is 1.86 bits per heavy atom. The number of rotatable bonds is 2. The lowest BCUT2D eigenvalue weighted by Gasteiger charge is -2.18.